The minimum Gasteiger partial charge on any atom is -0.484 e. The molecule has 1 aliphatic carbocycles. The van der Waals surface area contributed by atoms with Crippen LogP contribution in [0.5, 0.6) is 5.75 Å². The van der Waals surface area contributed by atoms with E-state index in [1.54, 1.807) is 0 Å². The first-order valence-corrected chi connectivity index (χ1v) is 6.79. The SMILES string of the molecule is Cc1ccc(OCC(=O)NCC2CCCC2O)cc1. The van der Waals surface area contributed by atoms with Crippen molar-refractivity contribution in [2.45, 2.75) is 32.3 Å². The fraction of sp³-hybridized carbons (Fsp3) is 0.533. The molecule has 104 valence electrons. The molecule has 0 aliphatic heterocycles. The molecule has 2 N–H and O–H groups in total. The molecule has 4 heteroatoms. The van der Waals surface area contributed by atoms with Gasteiger partial charge in [-0.05, 0) is 31.9 Å². The van der Waals surface area contributed by atoms with E-state index < -0.39 is 0 Å². The number of aliphatic hydroxyl groups excluding tert-OH is 1. The average molecular weight is 263 g/mol. The van der Waals surface area contributed by atoms with Crippen LogP contribution in [0.4, 0.5) is 0 Å². The maximum Gasteiger partial charge on any atom is 0.257 e. The molecular formula is C15H21NO3. The maximum absolute atomic E-state index is 11.6. The number of hydrogen-bond donors (Lipinski definition) is 2. The zero-order valence-electron chi connectivity index (χ0n) is 11.3. The number of nitrogens with one attached hydrogen (secondary N) is 1. The highest BCUT2D eigenvalue weighted by molar-refractivity contribution is 5.77. The van der Waals surface area contributed by atoms with Gasteiger partial charge in [-0.2, -0.15) is 0 Å². The molecule has 4 nitrogen and oxygen atoms in total. The van der Waals surface area contributed by atoms with Gasteiger partial charge in [-0.15, -0.1) is 0 Å². The standard InChI is InChI=1S/C15H21NO3/c1-11-5-7-13(8-6-11)19-10-15(18)16-9-12-3-2-4-14(12)17/h5-8,12,14,17H,2-4,9-10H2,1H3,(H,16,18). The molecule has 0 heterocycles. The van der Waals surface area contributed by atoms with E-state index in [0.717, 1.165) is 24.8 Å². The van der Waals surface area contributed by atoms with Crippen LogP contribution in [0.25, 0.3) is 0 Å². The summed E-state index contributed by atoms with van der Waals surface area (Å²) in [4.78, 5) is 11.6. The topological polar surface area (TPSA) is 58.6 Å². The zero-order chi connectivity index (χ0) is 13.7. The van der Waals surface area contributed by atoms with Crippen LogP contribution >= 0.6 is 0 Å². The van der Waals surface area contributed by atoms with Crippen LogP contribution in [0.1, 0.15) is 24.8 Å². The number of hydrogen-bond acceptors (Lipinski definition) is 3. The van der Waals surface area contributed by atoms with Gasteiger partial charge in [0, 0.05) is 12.5 Å². The third-order valence-electron chi connectivity index (χ3n) is 3.57. The molecule has 1 fully saturated rings. The lowest BCUT2D eigenvalue weighted by molar-refractivity contribution is -0.123. The van der Waals surface area contributed by atoms with Gasteiger partial charge in [0.1, 0.15) is 5.75 Å². The van der Waals surface area contributed by atoms with Crippen molar-refractivity contribution < 1.29 is 14.6 Å². The highest BCUT2D eigenvalue weighted by atomic mass is 16.5. The monoisotopic (exact) mass is 263 g/mol. The normalized spacial score (nSPS) is 22.2. The number of amides is 1. The van der Waals surface area contributed by atoms with Gasteiger partial charge in [0.15, 0.2) is 6.61 Å². The average Bonchev–Trinajstić information content (AvgIpc) is 2.81. The van der Waals surface area contributed by atoms with E-state index in [-0.39, 0.29) is 24.5 Å². The summed E-state index contributed by atoms with van der Waals surface area (Å²) in [5.41, 5.74) is 1.16. The molecule has 0 spiro atoms. The summed E-state index contributed by atoms with van der Waals surface area (Å²) in [5.74, 6) is 0.754. The van der Waals surface area contributed by atoms with Crippen LogP contribution in [0.2, 0.25) is 0 Å². The van der Waals surface area contributed by atoms with Crippen LogP contribution in [0.15, 0.2) is 24.3 Å². The van der Waals surface area contributed by atoms with Gasteiger partial charge in [-0.25, -0.2) is 0 Å². The smallest absolute Gasteiger partial charge is 0.257 e. The zero-order valence-corrected chi connectivity index (χ0v) is 11.3. The Morgan fingerprint density at radius 3 is 2.74 bits per heavy atom. The van der Waals surface area contributed by atoms with Crippen molar-refractivity contribution in [3.63, 3.8) is 0 Å². The Morgan fingerprint density at radius 2 is 2.11 bits per heavy atom. The van der Waals surface area contributed by atoms with Crippen LogP contribution in [0, 0.1) is 12.8 Å². The maximum atomic E-state index is 11.6. The Morgan fingerprint density at radius 1 is 1.37 bits per heavy atom. The first-order valence-electron chi connectivity index (χ1n) is 6.79. The van der Waals surface area contributed by atoms with Gasteiger partial charge < -0.3 is 15.2 Å². The molecule has 1 aromatic rings. The van der Waals surface area contributed by atoms with Crippen molar-refractivity contribution >= 4 is 5.91 Å². The molecule has 19 heavy (non-hydrogen) atoms. The molecule has 2 atom stereocenters. The van der Waals surface area contributed by atoms with Crippen molar-refractivity contribution in [2.75, 3.05) is 13.2 Å². The van der Waals surface area contributed by atoms with Gasteiger partial charge in [0.2, 0.25) is 0 Å². The minimum atomic E-state index is -0.265. The summed E-state index contributed by atoms with van der Waals surface area (Å²) in [7, 11) is 0. The lowest BCUT2D eigenvalue weighted by atomic mass is 10.1. The van der Waals surface area contributed by atoms with Gasteiger partial charge in [0.05, 0.1) is 6.10 Å². The van der Waals surface area contributed by atoms with Gasteiger partial charge in [-0.1, -0.05) is 24.1 Å². The number of ether oxygens (including phenoxy) is 1. The number of carbonyl (C=O) groups is 1. The lowest BCUT2D eigenvalue weighted by Crippen LogP contribution is -2.35. The Hall–Kier alpha value is -1.55. The van der Waals surface area contributed by atoms with E-state index >= 15 is 0 Å². The first-order chi connectivity index (χ1) is 9.15. The van der Waals surface area contributed by atoms with Crippen molar-refractivity contribution in [2.24, 2.45) is 5.92 Å². The van der Waals surface area contributed by atoms with E-state index in [1.165, 1.54) is 0 Å². The van der Waals surface area contributed by atoms with Gasteiger partial charge >= 0.3 is 0 Å². The summed E-state index contributed by atoms with van der Waals surface area (Å²) < 4.78 is 5.39. The summed E-state index contributed by atoms with van der Waals surface area (Å²) in [5, 5.41) is 12.5. The second-order valence-corrected chi connectivity index (χ2v) is 5.16. The summed E-state index contributed by atoms with van der Waals surface area (Å²) in [6.07, 6.45) is 2.61. The molecule has 1 amide bonds. The predicted octanol–water partition coefficient (Wildman–Crippen LogP) is 1.65. The second kappa shape index (κ2) is 6.57. The third kappa shape index (κ3) is 4.24. The fourth-order valence-corrected chi connectivity index (χ4v) is 2.33. The number of carbonyl (C=O) groups excluding carboxylic acids is 1. The molecule has 2 rings (SSSR count). The number of aryl methyl sites for hydroxylation is 1. The molecule has 1 aliphatic rings. The lowest BCUT2D eigenvalue weighted by Gasteiger charge is -2.15. The van der Waals surface area contributed by atoms with Crippen LogP contribution < -0.4 is 10.1 Å². The molecular weight excluding hydrogens is 242 g/mol. The Labute approximate surface area is 113 Å². The third-order valence-corrected chi connectivity index (χ3v) is 3.57. The van der Waals surface area contributed by atoms with Crippen LogP contribution in [-0.4, -0.2) is 30.3 Å². The van der Waals surface area contributed by atoms with Crippen LogP contribution in [0.3, 0.4) is 0 Å². The van der Waals surface area contributed by atoms with Crippen molar-refractivity contribution in [3.8, 4) is 5.75 Å². The van der Waals surface area contributed by atoms with Crippen molar-refractivity contribution in [3.05, 3.63) is 29.8 Å². The summed E-state index contributed by atoms with van der Waals surface area (Å²) >= 11 is 0. The number of aliphatic hydroxyl groups is 1. The Balaban J connectivity index is 1.68. The highest BCUT2D eigenvalue weighted by Gasteiger charge is 2.25. The molecule has 2 unspecified atom stereocenters. The van der Waals surface area contributed by atoms with Crippen molar-refractivity contribution in [1.29, 1.82) is 0 Å². The number of benzene rings is 1. The molecule has 0 radical (unpaired) electrons. The molecule has 1 aromatic carbocycles. The highest BCUT2D eigenvalue weighted by Crippen LogP contribution is 2.24. The second-order valence-electron chi connectivity index (χ2n) is 5.16. The first kappa shape index (κ1) is 13.9. The number of rotatable bonds is 5. The predicted molar refractivity (Wildman–Crippen MR) is 73.0 cm³/mol. The Bertz CT molecular complexity index is 416. The van der Waals surface area contributed by atoms with E-state index in [1.807, 2.05) is 31.2 Å². The molecule has 0 bridgehead atoms. The van der Waals surface area contributed by atoms with E-state index in [9.17, 15) is 9.90 Å². The van der Waals surface area contributed by atoms with Gasteiger partial charge in [0.25, 0.3) is 5.91 Å². The van der Waals surface area contributed by atoms with E-state index in [0.29, 0.717) is 12.3 Å². The summed E-state index contributed by atoms with van der Waals surface area (Å²) in [6.45, 7) is 2.56. The quantitative estimate of drug-likeness (QED) is 0.849. The van der Waals surface area contributed by atoms with Crippen LogP contribution in [-0.2, 0) is 4.79 Å². The van der Waals surface area contributed by atoms with Crippen molar-refractivity contribution in [1.82, 2.24) is 5.32 Å². The molecule has 0 saturated heterocycles. The van der Waals surface area contributed by atoms with E-state index in [2.05, 4.69) is 5.32 Å². The van der Waals surface area contributed by atoms with Gasteiger partial charge in [-0.3, -0.25) is 4.79 Å². The Kier molecular flexibility index (Phi) is 4.80. The fourth-order valence-electron chi connectivity index (χ4n) is 2.33. The summed E-state index contributed by atoms with van der Waals surface area (Å²) in [6, 6.07) is 7.59. The molecule has 0 aromatic heterocycles. The largest absolute Gasteiger partial charge is 0.484 e. The van der Waals surface area contributed by atoms with E-state index in [4.69, 9.17) is 4.74 Å². The minimum absolute atomic E-state index is 0.0197. The molecule has 1 saturated carbocycles.